The molecule has 0 aliphatic rings. The van der Waals surface area contributed by atoms with Gasteiger partial charge in [-0.15, -0.1) is 0 Å². The molecule has 9 heteroatoms. The van der Waals surface area contributed by atoms with Gasteiger partial charge >= 0.3 is 5.97 Å². The summed E-state index contributed by atoms with van der Waals surface area (Å²) in [5.74, 6) is 0.995. The maximum Gasteiger partial charge on any atom is 0.325 e. The van der Waals surface area contributed by atoms with E-state index in [1.807, 2.05) is 13.8 Å². The molecule has 0 aliphatic carbocycles. The Bertz CT molecular complexity index is 917. The molecule has 0 spiro atoms. The van der Waals surface area contributed by atoms with E-state index in [0.29, 0.717) is 30.5 Å². The lowest BCUT2D eigenvalue weighted by Crippen LogP contribution is -2.37. The van der Waals surface area contributed by atoms with Gasteiger partial charge in [0, 0.05) is 19.7 Å². The largest absolute Gasteiger partial charge is 0.493 e. The Hall–Kier alpha value is -3.33. The average Bonchev–Trinajstić information content (AvgIpc) is 3.11. The number of hydrogen-bond acceptors (Lipinski definition) is 8. The first-order valence-corrected chi connectivity index (χ1v) is 10.2. The zero-order chi connectivity index (χ0) is 23.5. The molecule has 2 aromatic rings. The molecule has 0 bridgehead atoms. The maximum atomic E-state index is 12.6. The van der Waals surface area contributed by atoms with Crippen molar-refractivity contribution in [2.24, 2.45) is 0 Å². The van der Waals surface area contributed by atoms with Gasteiger partial charge in [0.05, 0.1) is 31.6 Å². The number of esters is 1. The van der Waals surface area contributed by atoms with Crippen LogP contribution in [0, 0.1) is 13.8 Å². The summed E-state index contributed by atoms with van der Waals surface area (Å²) in [5.41, 5.74) is 2.41. The van der Waals surface area contributed by atoms with Crippen molar-refractivity contribution in [3.8, 4) is 11.5 Å². The summed E-state index contributed by atoms with van der Waals surface area (Å²) in [4.78, 5) is 25.7. The molecule has 0 saturated carbocycles. The summed E-state index contributed by atoms with van der Waals surface area (Å²) in [5, 5.41) is 3.92. The molecule has 32 heavy (non-hydrogen) atoms. The lowest BCUT2D eigenvalue weighted by atomic mass is 10.1. The van der Waals surface area contributed by atoms with E-state index in [-0.39, 0.29) is 25.6 Å². The van der Waals surface area contributed by atoms with Gasteiger partial charge in [0.2, 0.25) is 5.91 Å². The van der Waals surface area contributed by atoms with Crippen LogP contribution in [0.15, 0.2) is 28.8 Å². The summed E-state index contributed by atoms with van der Waals surface area (Å²) in [6, 6.07) is 5.33. The second-order valence-electron chi connectivity index (χ2n) is 6.89. The van der Waals surface area contributed by atoms with Crippen LogP contribution in [0.1, 0.15) is 29.5 Å². The molecular weight excluding hydrogens is 416 g/mol. The van der Waals surface area contributed by atoms with E-state index >= 15 is 0 Å². The number of amides is 1. The number of rotatable bonds is 12. The van der Waals surface area contributed by atoms with Crippen LogP contribution in [-0.2, 0) is 25.7 Å². The van der Waals surface area contributed by atoms with Gasteiger partial charge < -0.3 is 28.4 Å². The molecule has 1 heterocycles. The van der Waals surface area contributed by atoms with Crippen molar-refractivity contribution in [2.45, 2.75) is 27.4 Å². The smallest absolute Gasteiger partial charge is 0.325 e. The molecule has 1 aromatic carbocycles. The number of nitrogens with zero attached hydrogens (tertiary/aromatic N) is 2. The van der Waals surface area contributed by atoms with Gasteiger partial charge in [-0.05, 0) is 44.5 Å². The molecule has 0 fully saturated rings. The Labute approximate surface area is 187 Å². The van der Waals surface area contributed by atoms with E-state index in [1.54, 1.807) is 38.3 Å². The van der Waals surface area contributed by atoms with Gasteiger partial charge in [-0.3, -0.25) is 9.59 Å². The first-order valence-electron chi connectivity index (χ1n) is 10.2. The number of aryl methyl sites for hydroxylation is 2. The number of carbonyl (C=O) groups excluding carboxylic acids is 2. The van der Waals surface area contributed by atoms with Gasteiger partial charge in [-0.2, -0.15) is 0 Å². The van der Waals surface area contributed by atoms with Crippen LogP contribution in [0.2, 0.25) is 0 Å². The molecule has 0 atom stereocenters. The van der Waals surface area contributed by atoms with Crippen LogP contribution in [0.25, 0.3) is 6.08 Å². The van der Waals surface area contributed by atoms with Gasteiger partial charge in [0.15, 0.2) is 11.5 Å². The summed E-state index contributed by atoms with van der Waals surface area (Å²) in [6.45, 7) is 6.40. The summed E-state index contributed by atoms with van der Waals surface area (Å²) in [7, 11) is 3.08. The van der Waals surface area contributed by atoms with Crippen molar-refractivity contribution in [3.05, 3.63) is 46.9 Å². The first-order chi connectivity index (χ1) is 15.4. The molecule has 0 saturated heterocycles. The second kappa shape index (κ2) is 12.5. The quantitative estimate of drug-likeness (QED) is 0.362. The Morgan fingerprint density at radius 1 is 1.19 bits per heavy atom. The zero-order valence-corrected chi connectivity index (χ0v) is 19.2. The van der Waals surface area contributed by atoms with E-state index < -0.39 is 5.97 Å². The van der Waals surface area contributed by atoms with Crippen molar-refractivity contribution in [1.82, 2.24) is 10.1 Å². The topological polar surface area (TPSA) is 100 Å². The average molecular weight is 447 g/mol. The van der Waals surface area contributed by atoms with E-state index in [1.165, 1.54) is 18.1 Å². The van der Waals surface area contributed by atoms with Crippen LogP contribution >= 0.6 is 0 Å². The van der Waals surface area contributed by atoms with Crippen molar-refractivity contribution in [2.75, 3.05) is 40.5 Å². The normalized spacial score (nSPS) is 10.9. The highest BCUT2D eigenvalue weighted by Gasteiger charge is 2.16. The maximum absolute atomic E-state index is 12.6. The Morgan fingerprint density at radius 3 is 2.59 bits per heavy atom. The Morgan fingerprint density at radius 2 is 1.97 bits per heavy atom. The molecular formula is C23H30N2O7. The second-order valence-corrected chi connectivity index (χ2v) is 6.89. The number of benzene rings is 1. The van der Waals surface area contributed by atoms with E-state index in [2.05, 4.69) is 5.16 Å². The summed E-state index contributed by atoms with van der Waals surface area (Å²) in [6.07, 6.45) is 3.04. The molecule has 0 radical (unpaired) electrons. The monoisotopic (exact) mass is 446 g/mol. The minimum Gasteiger partial charge on any atom is -0.493 e. The number of hydrogen-bond donors (Lipinski definition) is 0. The van der Waals surface area contributed by atoms with Gasteiger partial charge in [0.1, 0.15) is 18.9 Å². The van der Waals surface area contributed by atoms with Crippen molar-refractivity contribution in [1.29, 1.82) is 0 Å². The first kappa shape index (κ1) is 24.9. The van der Waals surface area contributed by atoms with E-state index in [4.69, 9.17) is 23.5 Å². The number of aromatic nitrogens is 1. The Kier molecular flexibility index (Phi) is 9.75. The third-order valence-corrected chi connectivity index (χ3v) is 4.66. The lowest BCUT2D eigenvalue weighted by molar-refractivity contribution is -0.148. The molecule has 1 amide bonds. The molecule has 0 unspecified atom stereocenters. The van der Waals surface area contributed by atoms with Crippen LogP contribution in [0.5, 0.6) is 11.5 Å². The minimum absolute atomic E-state index is 0.141. The lowest BCUT2D eigenvalue weighted by Gasteiger charge is -2.19. The van der Waals surface area contributed by atoms with E-state index in [0.717, 1.165) is 16.8 Å². The number of methoxy groups -OCH3 is 2. The predicted molar refractivity (Wildman–Crippen MR) is 117 cm³/mol. The van der Waals surface area contributed by atoms with Gasteiger partial charge in [0.25, 0.3) is 0 Å². The number of carbonyl (C=O) groups is 2. The minimum atomic E-state index is -0.466. The fourth-order valence-electron chi connectivity index (χ4n) is 2.87. The van der Waals surface area contributed by atoms with Crippen molar-refractivity contribution >= 4 is 18.0 Å². The molecule has 2 rings (SSSR count). The predicted octanol–water partition coefficient (Wildman–Crippen LogP) is 2.93. The molecule has 1 aromatic heterocycles. The third kappa shape index (κ3) is 7.12. The van der Waals surface area contributed by atoms with Crippen LogP contribution in [-0.4, -0.2) is 62.5 Å². The standard InChI is InChI=1S/C23H30N2O7/c1-6-30-23(27)14-25(11-12-28-4)22(26)10-8-18-7-9-20(21(13-18)29-5)31-15-19-16(2)24-32-17(19)3/h7-10,13H,6,11-12,14-15H2,1-5H3/b10-8+. The summed E-state index contributed by atoms with van der Waals surface area (Å²) >= 11 is 0. The number of ether oxygens (including phenoxy) is 4. The molecule has 0 aliphatic heterocycles. The fraction of sp³-hybridized carbons (Fsp3) is 0.435. The zero-order valence-electron chi connectivity index (χ0n) is 19.2. The SMILES string of the molecule is CCOC(=O)CN(CCOC)C(=O)/C=C/c1ccc(OCc2c(C)noc2C)c(OC)c1. The van der Waals surface area contributed by atoms with Gasteiger partial charge in [-0.25, -0.2) is 0 Å². The highest BCUT2D eigenvalue weighted by Crippen LogP contribution is 2.30. The Balaban J connectivity index is 2.08. The highest BCUT2D eigenvalue weighted by molar-refractivity contribution is 5.93. The van der Waals surface area contributed by atoms with Gasteiger partial charge in [-0.1, -0.05) is 11.2 Å². The van der Waals surface area contributed by atoms with Crippen LogP contribution in [0.3, 0.4) is 0 Å². The van der Waals surface area contributed by atoms with E-state index in [9.17, 15) is 9.59 Å². The molecule has 9 nitrogen and oxygen atoms in total. The van der Waals surface area contributed by atoms with Crippen LogP contribution in [0.4, 0.5) is 0 Å². The summed E-state index contributed by atoms with van der Waals surface area (Å²) < 4.78 is 26.4. The molecule has 174 valence electrons. The molecule has 0 N–H and O–H groups in total. The highest BCUT2D eigenvalue weighted by atomic mass is 16.5. The fourth-order valence-corrected chi connectivity index (χ4v) is 2.87. The third-order valence-electron chi connectivity index (χ3n) is 4.66. The van der Waals surface area contributed by atoms with Crippen molar-refractivity contribution in [3.63, 3.8) is 0 Å². The van der Waals surface area contributed by atoms with Crippen LogP contribution < -0.4 is 9.47 Å². The van der Waals surface area contributed by atoms with Crippen molar-refractivity contribution < 1.29 is 33.1 Å².